The summed E-state index contributed by atoms with van der Waals surface area (Å²) < 4.78 is 0. The monoisotopic (exact) mass is 241 g/mol. The molecule has 18 heavy (non-hydrogen) atoms. The molecule has 0 amide bonds. The molecule has 0 radical (unpaired) electrons. The predicted molar refractivity (Wildman–Crippen MR) is 73.9 cm³/mol. The Morgan fingerprint density at radius 1 is 1.33 bits per heavy atom. The number of hydrogen-bond donors (Lipinski definition) is 2. The zero-order valence-corrected chi connectivity index (χ0v) is 10.7. The fraction of sp³-hybridized carbons (Fsp3) is 0.400. The first-order chi connectivity index (χ1) is 8.84. The van der Waals surface area contributed by atoms with E-state index in [1.807, 2.05) is 6.07 Å². The maximum Gasteiger partial charge on any atom is 0.0705 e. The van der Waals surface area contributed by atoms with E-state index in [0.29, 0.717) is 5.92 Å². The topological polar surface area (TPSA) is 40.7 Å². The lowest BCUT2D eigenvalue weighted by Crippen LogP contribution is -2.18. The molecule has 94 valence electrons. The summed E-state index contributed by atoms with van der Waals surface area (Å²) >= 11 is 0. The van der Waals surface area contributed by atoms with Crippen LogP contribution in [0.5, 0.6) is 0 Å². The fourth-order valence-corrected chi connectivity index (χ4v) is 2.78. The van der Waals surface area contributed by atoms with E-state index in [4.69, 9.17) is 0 Å². The average molecular weight is 241 g/mol. The second kappa shape index (κ2) is 4.84. The second-order valence-electron chi connectivity index (χ2n) is 5.05. The van der Waals surface area contributed by atoms with E-state index in [2.05, 4.69) is 46.7 Å². The van der Waals surface area contributed by atoms with Gasteiger partial charge in [0.05, 0.1) is 5.69 Å². The standard InChI is InChI=1S/C15H19N3/c1-11-14-9-5-6-12(15(14)18-17-11)10-16-13-7-3-2-4-8-13/h2-4,7-8,12,16H,5-6,9-10H2,1H3,(H,17,18). The van der Waals surface area contributed by atoms with Crippen LogP contribution in [-0.2, 0) is 6.42 Å². The van der Waals surface area contributed by atoms with Gasteiger partial charge in [0.1, 0.15) is 0 Å². The molecule has 0 fully saturated rings. The van der Waals surface area contributed by atoms with E-state index in [0.717, 1.165) is 6.54 Å². The number of aromatic amines is 1. The number of fused-ring (bicyclic) bond motifs is 1. The van der Waals surface area contributed by atoms with Crippen molar-refractivity contribution in [2.75, 3.05) is 11.9 Å². The Morgan fingerprint density at radius 3 is 3.00 bits per heavy atom. The minimum atomic E-state index is 0.541. The molecule has 1 aliphatic rings. The number of para-hydroxylation sites is 1. The van der Waals surface area contributed by atoms with Crippen LogP contribution in [0.25, 0.3) is 0 Å². The number of benzene rings is 1. The molecule has 1 heterocycles. The molecule has 0 bridgehead atoms. The summed E-state index contributed by atoms with van der Waals surface area (Å²) in [5, 5.41) is 11.1. The predicted octanol–water partition coefficient (Wildman–Crippen LogP) is 3.25. The van der Waals surface area contributed by atoms with Crippen molar-refractivity contribution in [2.24, 2.45) is 0 Å². The molecule has 0 saturated heterocycles. The summed E-state index contributed by atoms with van der Waals surface area (Å²) in [7, 11) is 0. The lowest BCUT2D eigenvalue weighted by atomic mass is 9.87. The van der Waals surface area contributed by atoms with Gasteiger partial charge in [0, 0.05) is 23.8 Å². The van der Waals surface area contributed by atoms with Crippen LogP contribution in [0.3, 0.4) is 0 Å². The second-order valence-corrected chi connectivity index (χ2v) is 5.05. The maximum atomic E-state index is 4.49. The highest BCUT2D eigenvalue weighted by atomic mass is 15.1. The molecule has 3 rings (SSSR count). The Labute approximate surface area is 108 Å². The van der Waals surface area contributed by atoms with Crippen LogP contribution in [0.2, 0.25) is 0 Å². The van der Waals surface area contributed by atoms with E-state index in [9.17, 15) is 0 Å². The minimum absolute atomic E-state index is 0.541. The molecular formula is C15H19N3. The highest BCUT2D eigenvalue weighted by molar-refractivity contribution is 5.43. The number of hydrogen-bond acceptors (Lipinski definition) is 2. The van der Waals surface area contributed by atoms with Gasteiger partial charge in [0.2, 0.25) is 0 Å². The molecule has 1 unspecified atom stereocenters. The third-order valence-corrected chi connectivity index (χ3v) is 3.80. The zero-order chi connectivity index (χ0) is 12.4. The highest BCUT2D eigenvalue weighted by Gasteiger charge is 2.24. The molecule has 3 nitrogen and oxygen atoms in total. The van der Waals surface area contributed by atoms with Gasteiger partial charge in [0.15, 0.2) is 0 Å². The summed E-state index contributed by atoms with van der Waals surface area (Å²) in [6.07, 6.45) is 3.69. The van der Waals surface area contributed by atoms with E-state index < -0.39 is 0 Å². The van der Waals surface area contributed by atoms with Gasteiger partial charge in [-0.05, 0) is 43.9 Å². The van der Waals surface area contributed by atoms with E-state index >= 15 is 0 Å². The first kappa shape index (κ1) is 11.3. The third-order valence-electron chi connectivity index (χ3n) is 3.80. The lowest BCUT2D eigenvalue weighted by Gasteiger charge is -2.22. The summed E-state index contributed by atoms with van der Waals surface area (Å²) in [6.45, 7) is 3.10. The fourth-order valence-electron chi connectivity index (χ4n) is 2.78. The maximum absolute atomic E-state index is 4.49. The average Bonchev–Trinajstić information content (AvgIpc) is 2.80. The SMILES string of the molecule is Cc1[nH]nc2c1CCCC2CNc1ccccc1. The molecule has 0 saturated carbocycles. The number of rotatable bonds is 3. The number of nitrogens with one attached hydrogen (secondary N) is 2. The van der Waals surface area contributed by atoms with Gasteiger partial charge in [-0.25, -0.2) is 0 Å². The first-order valence-corrected chi connectivity index (χ1v) is 6.67. The number of H-pyrrole nitrogens is 1. The Kier molecular flexibility index (Phi) is 3.05. The smallest absolute Gasteiger partial charge is 0.0705 e. The summed E-state index contributed by atoms with van der Waals surface area (Å²) in [5.41, 5.74) is 5.16. The van der Waals surface area contributed by atoms with E-state index in [1.54, 1.807) is 0 Å². The number of aryl methyl sites for hydroxylation is 1. The normalized spacial score (nSPS) is 18.4. The Hall–Kier alpha value is -1.77. The molecule has 2 N–H and O–H groups in total. The van der Waals surface area contributed by atoms with Crippen LogP contribution in [0.4, 0.5) is 5.69 Å². The summed E-state index contributed by atoms with van der Waals surface area (Å²) in [4.78, 5) is 0. The Bertz CT molecular complexity index is 516. The molecular weight excluding hydrogens is 222 g/mol. The van der Waals surface area contributed by atoms with Crippen LogP contribution in [0.1, 0.15) is 35.7 Å². The zero-order valence-electron chi connectivity index (χ0n) is 10.7. The van der Waals surface area contributed by atoms with Crippen LogP contribution in [-0.4, -0.2) is 16.7 Å². The minimum Gasteiger partial charge on any atom is -0.384 e. The van der Waals surface area contributed by atoms with Crippen molar-refractivity contribution in [2.45, 2.75) is 32.1 Å². The Morgan fingerprint density at radius 2 is 2.17 bits per heavy atom. The van der Waals surface area contributed by atoms with Crippen molar-refractivity contribution in [3.63, 3.8) is 0 Å². The molecule has 0 aliphatic heterocycles. The van der Waals surface area contributed by atoms with Gasteiger partial charge in [-0.3, -0.25) is 5.10 Å². The van der Waals surface area contributed by atoms with Gasteiger partial charge < -0.3 is 5.32 Å². The summed E-state index contributed by atoms with van der Waals surface area (Å²) in [6, 6.07) is 10.4. The van der Waals surface area contributed by atoms with Crippen LogP contribution in [0.15, 0.2) is 30.3 Å². The Balaban J connectivity index is 1.71. The van der Waals surface area contributed by atoms with Crippen molar-refractivity contribution in [3.05, 3.63) is 47.3 Å². The van der Waals surface area contributed by atoms with Gasteiger partial charge in [-0.1, -0.05) is 18.2 Å². The van der Waals surface area contributed by atoms with E-state index in [1.165, 1.54) is 41.9 Å². The van der Waals surface area contributed by atoms with Crippen LogP contribution >= 0.6 is 0 Å². The van der Waals surface area contributed by atoms with Gasteiger partial charge in [0.25, 0.3) is 0 Å². The third kappa shape index (κ3) is 2.13. The molecule has 1 aromatic carbocycles. The van der Waals surface area contributed by atoms with E-state index in [-0.39, 0.29) is 0 Å². The molecule has 3 heteroatoms. The van der Waals surface area contributed by atoms with Crippen molar-refractivity contribution in [1.82, 2.24) is 10.2 Å². The largest absolute Gasteiger partial charge is 0.384 e. The molecule has 2 aromatic rings. The quantitative estimate of drug-likeness (QED) is 0.866. The van der Waals surface area contributed by atoms with Crippen molar-refractivity contribution >= 4 is 5.69 Å². The molecule has 0 spiro atoms. The van der Waals surface area contributed by atoms with Crippen LogP contribution < -0.4 is 5.32 Å². The lowest BCUT2D eigenvalue weighted by molar-refractivity contribution is 0.559. The molecule has 1 aromatic heterocycles. The van der Waals surface area contributed by atoms with Crippen LogP contribution in [0, 0.1) is 6.92 Å². The number of anilines is 1. The number of nitrogens with zero attached hydrogens (tertiary/aromatic N) is 1. The van der Waals surface area contributed by atoms with Crippen molar-refractivity contribution in [3.8, 4) is 0 Å². The molecule has 1 atom stereocenters. The molecule has 1 aliphatic carbocycles. The van der Waals surface area contributed by atoms with Gasteiger partial charge in [-0.15, -0.1) is 0 Å². The van der Waals surface area contributed by atoms with Crippen molar-refractivity contribution in [1.29, 1.82) is 0 Å². The highest BCUT2D eigenvalue weighted by Crippen LogP contribution is 2.31. The van der Waals surface area contributed by atoms with Gasteiger partial charge in [-0.2, -0.15) is 5.10 Å². The summed E-state index contributed by atoms with van der Waals surface area (Å²) in [5.74, 6) is 0.541. The van der Waals surface area contributed by atoms with Gasteiger partial charge >= 0.3 is 0 Å². The van der Waals surface area contributed by atoms with Crippen molar-refractivity contribution < 1.29 is 0 Å². The number of aromatic nitrogens is 2. The first-order valence-electron chi connectivity index (χ1n) is 6.67.